The number of hydrogen-bond donors (Lipinski definition) is 2. The summed E-state index contributed by atoms with van der Waals surface area (Å²) in [6.07, 6.45) is 0.340. The molecule has 1 heterocycles. The Kier molecular flexibility index (Phi) is 5.24. The summed E-state index contributed by atoms with van der Waals surface area (Å²) in [7, 11) is 3.45. The summed E-state index contributed by atoms with van der Waals surface area (Å²) in [5.74, 6) is -0.235. The second-order valence-corrected chi connectivity index (χ2v) is 5.89. The zero-order valence-corrected chi connectivity index (χ0v) is 13.3. The third kappa shape index (κ3) is 4.12. The summed E-state index contributed by atoms with van der Waals surface area (Å²) in [5.41, 5.74) is 7.40. The van der Waals surface area contributed by atoms with E-state index in [9.17, 15) is 9.59 Å². The van der Waals surface area contributed by atoms with Gasteiger partial charge in [-0.05, 0) is 17.7 Å². The van der Waals surface area contributed by atoms with Gasteiger partial charge in [-0.25, -0.2) is 4.98 Å². The van der Waals surface area contributed by atoms with E-state index in [0.717, 1.165) is 10.6 Å². The lowest BCUT2D eigenvalue weighted by atomic mass is 10.1. The summed E-state index contributed by atoms with van der Waals surface area (Å²) in [5, 5.41) is 5.17. The molecule has 3 N–H and O–H groups in total. The molecule has 0 unspecified atom stereocenters. The number of thiazole rings is 1. The zero-order chi connectivity index (χ0) is 16.1. The molecule has 0 aliphatic heterocycles. The number of anilines is 1. The maximum atomic E-state index is 12.0. The highest BCUT2D eigenvalue weighted by molar-refractivity contribution is 7.09. The van der Waals surface area contributed by atoms with Crippen molar-refractivity contribution in [1.29, 1.82) is 0 Å². The van der Waals surface area contributed by atoms with Crippen LogP contribution in [0, 0.1) is 0 Å². The van der Waals surface area contributed by atoms with Crippen LogP contribution in [0.2, 0.25) is 0 Å². The summed E-state index contributed by atoms with van der Waals surface area (Å²) < 4.78 is 0. The van der Waals surface area contributed by atoms with Crippen molar-refractivity contribution in [1.82, 2.24) is 9.88 Å². The summed E-state index contributed by atoms with van der Waals surface area (Å²) in [6.45, 7) is 0.326. The van der Waals surface area contributed by atoms with Crippen LogP contribution in [0.15, 0.2) is 29.6 Å². The fourth-order valence-corrected chi connectivity index (χ4v) is 2.40. The molecular formula is C15H18N4O2S. The molecule has 0 bridgehead atoms. The first-order chi connectivity index (χ1) is 10.5. The molecule has 0 fully saturated rings. The van der Waals surface area contributed by atoms with Gasteiger partial charge in [-0.3, -0.25) is 9.59 Å². The van der Waals surface area contributed by atoms with E-state index in [-0.39, 0.29) is 11.8 Å². The lowest BCUT2D eigenvalue weighted by Crippen LogP contribution is -2.23. The van der Waals surface area contributed by atoms with Crippen molar-refractivity contribution in [3.05, 3.63) is 45.9 Å². The highest BCUT2D eigenvalue weighted by Crippen LogP contribution is 2.14. The molecule has 2 rings (SSSR count). The zero-order valence-electron chi connectivity index (χ0n) is 12.5. The molecule has 1 aromatic carbocycles. The van der Waals surface area contributed by atoms with Crippen LogP contribution in [0.25, 0.3) is 0 Å². The monoisotopic (exact) mass is 318 g/mol. The van der Waals surface area contributed by atoms with Gasteiger partial charge in [-0.15, -0.1) is 11.3 Å². The third-order valence-electron chi connectivity index (χ3n) is 3.02. The van der Waals surface area contributed by atoms with E-state index < -0.39 is 0 Å². The quantitative estimate of drug-likeness (QED) is 0.874. The summed E-state index contributed by atoms with van der Waals surface area (Å²) in [6, 6.07) is 7.19. The van der Waals surface area contributed by atoms with Gasteiger partial charge in [0.2, 0.25) is 5.91 Å². The van der Waals surface area contributed by atoms with Gasteiger partial charge in [0.05, 0.1) is 6.42 Å². The smallest absolute Gasteiger partial charge is 0.275 e. The molecule has 0 radical (unpaired) electrons. The van der Waals surface area contributed by atoms with Gasteiger partial charge in [0.25, 0.3) is 5.91 Å². The fraction of sp³-hybridized carbons (Fsp3) is 0.267. The molecular weight excluding hydrogens is 300 g/mol. The Balaban J connectivity index is 1.98. The minimum Gasteiger partial charge on any atom is -0.349 e. The maximum absolute atomic E-state index is 12.0. The van der Waals surface area contributed by atoms with Crippen LogP contribution < -0.4 is 11.1 Å². The molecule has 1 aromatic heterocycles. The van der Waals surface area contributed by atoms with E-state index in [1.54, 1.807) is 36.5 Å². The van der Waals surface area contributed by atoms with Crippen LogP contribution in [0.1, 0.15) is 21.1 Å². The van der Waals surface area contributed by atoms with Crippen LogP contribution >= 0.6 is 11.3 Å². The SMILES string of the molecule is CN(C)C(=O)Cc1ccc(NC(=O)c2csc(CN)n2)cc1. The fourth-order valence-electron chi connectivity index (χ4n) is 1.74. The Bertz CT molecular complexity index is 664. The molecule has 22 heavy (non-hydrogen) atoms. The largest absolute Gasteiger partial charge is 0.349 e. The van der Waals surface area contributed by atoms with Gasteiger partial charge in [0.1, 0.15) is 10.7 Å². The Hall–Kier alpha value is -2.25. The van der Waals surface area contributed by atoms with Gasteiger partial charge < -0.3 is 16.0 Å². The number of nitrogens with one attached hydrogen (secondary N) is 1. The number of carbonyl (C=O) groups is 2. The van der Waals surface area contributed by atoms with E-state index in [0.29, 0.717) is 24.3 Å². The highest BCUT2D eigenvalue weighted by Gasteiger charge is 2.11. The third-order valence-corrected chi connectivity index (χ3v) is 3.90. The molecule has 7 heteroatoms. The van der Waals surface area contributed by atoms with E-state index in [4.69, 9.17) is 5.73 Å². The number of nitrogens with zero attached hydrogens (tertiary/aromatic N) is 2. The van der Waals surface area contributed by atoms with Crippen molar-refractivity contribution in [2.45, 2.75) is 13.0 Å². The first-order valence-electron chi connectivity index (χ1n) is 6.74. The van der Waals surface area contributed by atoms with Gasteiger partial charge in [0.15, 0.2) is 0 Å². The summed E-state index contributed by atoms with van der Waals surface area (Å²) in [4.78, 5) is 29.3. The first-order valence-corrected chi connectivity index (χ1v) is 7.62. The Morgan fingerprint density at radius 1 is 1.27 bits per heavy atom. The van der Waals surface area contributed by atoms with Crippen molar-refractivity contribution in [2.75, 3.05) is 19.4 Å². The second kappa shape index (κ2) is 7.15. The molecule has 0 aliphatic carbocycles. The van der Waals surface area contributed by atoms with Crippen molar-refractivity contribution in [2.24, 2.45) is 5.73 Å². The standard InChI is InChI=1S/C15H18N4O2S/c1-19(2)14(20)7-10-3-5-11(6-4-10)17-15(21)12-9-22-13(8-16)18-12/h3-6,9H,7-8,16H2,1-2H3,(H,17,21). The first kappa shape index (κ1) is 16.1. The average molecular weight is 318 g/mol. The van der Waals surface area contributed by atoms with E-state index in [1.807, 2.05) is 12.1 Å². The van der Waals surface area contributed by atoms with Crippen LogP contribution in [-0.4, -0.2) is 35.8 Å². The van der Waals surface area contributed by atoms with Gasteiger partial charge in [-0.1, -0.05) is 12.1 Å². The molecule has 6 nitrogen and oxygen atoms in total. The molecule has 0 spiro atoms. The number of amides is 2. The number of nitrogens with two attached hydrogens (primary N) is 1. The second-order valence-electron chi connectivity index (χ2n) is 4.95. The highest BCUT2D eigenvalue weighted by atomic mass is 32.1. The molecule has 2 amide bonds. The maximum Gasteiger partial charge on any atom is 0.275 e. The van der Waals surface area contributed by atoms with Crippen LogP contribution in [0.4, 0.5) is 5.69 Å². The number of rotatable bonds is 5. The van der Waals surface area contributed by atoms with Crippen LogP contribution in [0.3, 0.4) is 0 Å². The molecule has 116 valence electrons. The van der Waals surface area contributed by atoms with Crippen molar-refractivity contribution >= 4 is 28.8 Å². The predicted octanol–water partition coefficient (Wildman–Crippen LogP) is 1.48. The minimum absolute atomic E-state index is 0.0357. The number of carbonyl (C=O) groups excluding carboxylic acids is 2. The van der Waals surface area contributed by atoms with Crippen LogP contribution in [-0.2, 0) is 17.8 Å². The topological polar surface area (TPSA) is 88.3 Å². The number of likely N-dealkylation sites (N-methyl/N-ethyl adjacent to an activating group) is 1. The Morgan fingerprint density at radius 3 is 2.50 bits per heavy atom. The van der Waals surface area contributed by atoms with Crippen LogP contribution in [0.5, 0.6) is 0 Å². The Labute approximate surface area is 133 Å². The molecule has 2 aromatic rings. The molecule has 0 saturated carbocycles. The lowest BCUT2D eigenvalue weighted by molar-refractivity contribution is -0.127. The van der Waals surface area contributed by atoms with Gasteiger partial charge in [-0.2, -0.15) is 0 Å². The molecule has 0 atom stereocenters. The van der Waals surface area contributed by atoms with Crippen molar-refractivity contribution < 1.29 is 9.59 Å². The van der Waals surface area contributed by atoms with Crippen molar-refractivity contribution in [3.63, 3.8) is 0 Å². The number of benzene rings is 1. The minimum atomic E-state index is -0.270. The van der Waals surface area contributed by atoms with E-state index in [1.165, 1.54) is 11.3 Å². The summed E-state index contributed by atoms with van der Waals surface area (Å²) >= 11 is 1.36. The molecule has 0 aliphatic rings. The lowest BCUT2D eigenvalue weighted by Gasteiger charge is -2.10. The van der Waals surface area contributed by atoms with Crippen molar-refractivity contribution in [3.8, 4) is 0 Å². The Morgan fingerprint density at radius 2 is 1.95 bits per heavy atom. The normalized spacial score (nSPS) is 10.3. The molecule has 0 saturated heterocycles. The van der Waals surface area contributed by atoms with Gasteiger partial charge in [0, 0.05) is 31.7 Å². The van der Waals surface area contributed by atoms with E-state index in [2.05, 4.69) is 10.3 Å². The number of hydrogen-bond acceptors (Lipinski definition) is 5. The van der Waals surface area contributed by atoms with Gasteiger partial charge >= 0.3 is 0 Å². The average Bonchev–Trinajstić information content (AvgIpc) is 2.98. The van der Waals surface area contributed by atoms with E-state index >= 15 is 0 Å². The predicted molar refractivity (Wildman–Crippen MR) is 86.8 cm³/mol. The number of aromatic nitrogens is 1.